The van der Waals surface area contributed by atoms with Crippen LogP contribution in [0.3, 0.4) is 0 Å². The highest BCUT2D eigenvalue weighted by Gasteiger charge is 2.14. The molecule has 0 aliphatic rings. The molecule has 0 bridgehead atoms. The van der Waals surface area contributed by atoms with Gasteiger partial charge in [0.2, 0.25) is 5.75 Å². The summed E-state index contributed by atoms with van der Waals surface area (Å²) in [6.45, 7) is 1.97. The molecule has 0 saturated heterocycles. The Kier molecular flexibility index (Phi) is 5.58. The molecule has 154 valence electrons. The van der Waals surface area contributed by atoms with Crippen molar-refractivity contribution in [2.45, 2.75) is 6.92 Å². The minimum atomic E-state index is 0.554. The van der Waals surface area contributed by atoms with E-state index >= 15 is 0 Å². The zero-order valence-electron chi connectivity index (χ0n) is 17.2. The number of hydrogen-bond donors (Lipinski definition) is 1. The van der Waals surface area contributed by atoms with Gasteiger partial charge in [-0.2, -0.15) is 0 Å². The monoisotopic (exact) mass is 422 g/mol. The number of nitrogens with one attached hydrogen (secondary N) is 1. The molecule has 0 aliphatic heterocycles. The summed E-state index contributed by atoms with van der Waals surface area (Å²) in [5.74, 6) is 1.72. The van der Waals surface area contributed by atoms with E-state index in [9.17, 15) is 0 Å². The van der Waals surface area contributed by atoms with Gasteiger partial charge in [-0.25, -0.2) is 9.97 Å². The van der Waals surface area contributed by atoms with Gasteiger partial charge in [0.05, 0.1) is 39.0 Å². The van der Waals surface area contributed by atoms with Crippen molar-refractivity contribution in [1.29, 1.82) is 0 Å². The largest absolute Gasteiger partial charge is 0.493 e. The Morgan fingerprint density at radius 1 is 0.967 bits per heavy atom. The number of methoxy groups -OCH3 is 3. The van der Waals surface area contributed by atoms with Gasteiger partial charge >= 0.3 is 0 Å². The van der Waals surface area contributed by atoms with Crippen molar-refractivity contribution in [2.24, 2.45) is 0 Å². The van der Waals surface area contributed by atoms with Crippen molar-refractivity contribution in [3.05, 3.63) is 60.0 Å². The number of ether oxygens (including phenoxy) is 3. The van der Waals surface area contributed by atoms with Crippen LogP contribution in [0.1, 0.15) is 5.69 Å². The molecule has 1 N–H and O–H groups in total. The fourth-order valence-corrected chi connectivity index (χ4v) is 3.85. The number of nitrogens with zero attached hydrogens (tertiary/aromatic N) is 3. The van der Waals surface area contributed by atoms with Crippen LogP contribution in [-0.4, -0.2) is 35.9 Å². The van der Waals surface area contributed by atoms with Crippen LogP contribution in [0.2, 0.25) is 0 Å². The molecule has 0 aliphatic carbocycles. The standard InChI is InChI=1S/C22H22N4O3S/c1-14-11-26(13-23-14)17-7-5-15(6-8-17)18-12-30-22(25-18)24-16-9-19(27-2)21(29-4)20(10-16)28-3/h5-13H,1-4H3,(H,24,25). The van der Waals surface area contributed by atoms with E-state index in [1.807, 2.05) is 41.5 Å². The Hall–Kier alpha value is -3.52. The first-order valence-corrected chi connectivity index (χ1v) is 10.1. The van der Waals surface area contributed by atoms with Crippen molar-refractivity contribution in [2.75, 3.05) is 26.6 Å². The van der Waals surface area contributed by atoms with Gasteiger partial charge in [0.25, 0.3) is 0 Å². The van der Waals surface area contributed by atoms with Crippen LogP contribution in [0.5, 0.6) is 17.2 Å². The van der Waals surface area contributed by atoms with E-state index in [0.717, 1.165) is 33.5 Å². The van der Waals surface area contributed by atoms with Crippen LogP contribution in [0, 0.1) is 6.92 Å². The molecule has 2 heterocycles. The molecule has 0 radical (unpaired) electrons. The van der Waals surface area contributed by atoms with E-state index in [0.29, 0.717) is 17.2 Å². The third-order valence-electron chi connectivity index (χ3n) is 4.59. The average molecular weight is 423 g/mol. The summed E-state index contributed by atoms with van der Waals surface area (Å²) in [6, 6.07) is 11.9. The lowest BCUT2D eigenvalue weighted by Gasteiger charge is -2.14. The molecule has 30 heavy (non-hydrogen) atoms. The summed E-state index contributed by atoms with van der Waals surface area (Å²) in [5, 5.41) is 6.11. The SMILES string of the molecule is COc1cc(Nc2nc(-c3ccc(-n4cnc(C)c4)cc3)cs2)cc(OC)c1OC. The van der Waals surface area contributed by atoms with Crippen molar-refractivity contribution in [1.82, 2.24) is 14.5 Å². The van der Waals surface area contributed by atoms with Crippen molar-refractivity contribution in [3.63, 3.8) is 0 Å². The first-order valence-electron chi connectivity index (χ1n) is 9.25. The van der Waals surface area contributed by atoms with Gasteiger partial charge in [-0.1, -0.05) is 12.1 Å². The van der Waals surface area contributed by atoms with Gasteiger partial charge < -0.3 is 24.1 Å². The van der Waals surface area contributed by atoms with Crippen molar-refractivity contribution < 1.29 is 14.2 Å². The fraction of sp³-hybridized carbons (Fsp3) is 0.182. The molecule has 0 spiro atoms. The predicted molar refractivity (Wildman–Crippen MR) is 119 cm³/mol. The number of thiazole rings is 1. The number of hydrogen-bond acceptors (Lipinski definition) is 7. The van der Waals surface area contributed by atoms with Crippen LogP contribution in [0.4, 0.5) is 10.8 Å². The second-order valence-corrected chi connectivity index (χ2v) is 7.40. The van der Waals surface area contributed by atoms with E-state index in [-0.39, 0.29) is 0 Å². The first-order chi connectivity index (χ1) is 14.6. The lowest BCUT2D eigenvalue weighted by atomic mass is 10.1. The highest BCUT2D eigenvalue weighted by atomic mass is 32.1. The lowest BCUT2D eigenvalue weighted by molar-refractivity contribution is 0.324. The lowest BCUT2D eigenvalue weighted by Crippen LogP contribution is -1.97. The molecule has 8 heteroatoms. The first kappa shape index (κ1) is 19.8. The van der Waals surface area contributed by atoms with Gasteiger partial charge in [0.15, 0.2) is 16.6 Å². The van der Waals surface area contributed by atoms with E-state index in [1.54, 1.807) is 21.3 Å². The number of aryl methyl sites for hydroxylation is 1. The fourth-order valence-electron chi connectivity index (χ4n) is 3.11. The Labute approximate surface area is 178 Å². The molecular weight excluding hydrogens is 400 g/mol. The Morgan fingerprint density at radius 3 is 2.23 bits per heavy atom. The second-order valence-electron chi connectivity index (χ2n) is 6.55. The van der Waals surface area contributed by atoms with Gasteiger partial charge in [0.1, 0.15) is 0 Å². The summed E-state index contributed by atoms with van der Waals surface area (Å²) in [4.78, 5) is 8.98. The van der Waals surface area contributed by atoms with Gasteiger partial charge in [-0.15, -0.1) is 11.3 Å². The number of rotatable bonds is 7. The summed E-state index contributed by atoms with van der Waals surface area (Å²) in [5.41, 5.74) is 4.80. The summed E-state index contributed by atoms with van der Waals surface area (Å²) < 4.78 is 18.2. The molecule has 2 aromatic heterocycles. The quantitative estimate of drug-likeness (QED) is 0.448. The van der Waals surface area contributed by atoms with E-state index in [4.69, 9.17) is 19.2 Å². The predicted octanol–water partition coefficient (Wildman–Crippen LogP) is 5.07. The Balaban J connectivity index is 1.55. The topological polar surface area (TPSA) is 70.4 Å². The molecule has 0 amide bonds. The molecule has 0 saturated carbocycles. The molecule has 0 fully saturated rings. The molecule has 4 rings (SSSR count). The van der Waals surface area contributed by atoms with E-state index in [2.05, 4.69) is 34.6 Å². The van der Waals surface area contributed by atoms with Gasteiger partial charge in [-0.05, 0) is 19.1 Å². The highest BCUT2D eigenvalue weighted by Crippen LogP contribution is 2.41. The number of anilines is 2. The minimum absolute atomic E-state index is 0.554. The van der Waals surface area contributed by atoms with E-state index in [1.165, 1.54) is 11.3 Å². The smallest absolute Gasteiger partial charge is 0.203 e. The molecule has 4 aromatic rings. The normalized spacial score (nSPS) is 10.7. The highest BCUT2D eigenvalue weighted by molar-refractivity contribution is 7.14. The average Bonchev–Trinajstić information content (AvgIpc) is 3.42. The molecule has 0 unspecified atom stereocenters. The van der Waals surface area contributed by atoms with Gasteiger partial charge in [0, 0.05) is 40.6 Å². The summed E-state index contributed by atoms with van der Waals surface area (Å²) >= 11 is 1.53. The Bertz CT molecular complexity index is 1130. The minimum Gasteiger partial charge on any atom is -0.493 e. The summed E-state index contributed by atoms with van der Waals surface area (Å²) in [6.07, 6.45) is 3.81. The van der Waals surface area contributed by atoms with Crippen molar-refractivity contribution >= 4 is 22.2 Å². The maximum absolute atomic E-state index is 5.41. The Morgan fingerprint density at radius 2 is 1.67 bits per heavy atom. The van der Waals surface area contributed by atoms with Crippen LogP contribution >= 0.6 is 11.3 Å². The molecular formula is C22H22N4O3S. The third-order valence-corrected chi connectivity index (χ3v) is 5.35. The van der Waals surface area contributed by atoms with Crippen LogP contribution in [0.25, 0.3) is 16.9 Å². The summed E-state index contributed by atoms with van der Waals surface area (Å²) in [7, 11) is 4.77. The third kappa shape index (κ3) is 3.95. The van der Waals surface area contributed by atoms with Gasteiger partial charge in [-0.3, -0.25) is 0 Å². The zero-order chi connectivity index (χ0) is 21.1. The van der Waals surface area contributed by atoms with Crippen LogP contribution < -0.4 is 19.5 Å². The van der Waals surface area contributed by atoms with Crippen LogP contribution in [0.15, 0.2) is 54.3 Å². The number of aromatic nitrogens is 3. The second kappa shape index (κ2) is 8.46. The molecule has 0 atom stereocenters. The molecule has 7 nitrogen and oxygen atoms in total. The maximum Gasteiger partial charge on any atom is 0.203 e. The van der Waals surface area contributed by atoms with E-state index < -0.39 is 0 Å². The molecule has 2 aromatic carbocycles. The van der Waals surface area contributed by atoms with Crippen LogP contribution in [-0.2, 0) is 0 Å². The zero-order valence-corrected chi connectivity index (χ0v) is 18.0. The number of imidazole rings is 1. The maximum atomic E-state index is 5.41. The van der Waals surface area contributed by atoms with Crippen molar-refractivity contribution in [3.8, 4) is 34.2 Å². The number of benzene rings is 2.